The first-order chi connectivity index (χ1) is 17.0. The van der Waals surface area contributed by atoms with Crippen LogP contribution in [0.25, 0.3) is 0 Å². The molecule has 0 spiro atoms. The molecule has 2 N–H and O–H groups in total. The van der Waals surface area contributed by atoms with Gasteiger partial charge in [0.1, 0.15) is 6.10 Å². The number of carbonyl (C=O) groups excluding carboxylic acids is 3. The highest BCUT2D eigenvalue weighted by Gasteiger charge is 2.18. The fourth-order valence-corrected chi connectivity index (χ4v) is 5.44. The van der Waals surface area contributed by atoms with E-state index in [0.717, 1.165) is 9.79 Å². The molecular formula is C24H27Cl3N2O4S2. The number of ether oxygens (including phenoxy) is 1. The predicted molar refractivity (Wildman–Crippen MR) is 147 cm³/mol. The zero-order chi connectivity index (χ0) is 25.5. The molecule has 2 rings (SSSR count). The molecule has 0 bridgehead atoms. The van der Waals surface area contributed by atoms with Gasteiger partial charge in [0, 0.05) is 51.8 Å². The highest BCUT2D eigenvalue weighted by atomic mass is 35.5. The van der Waals surface area contributed by atoms with Crippen LogP contribution in [0.15, 0.2) is 58.3 Å². The summed E-state index contributed by atoms with van der Waals surface area (Å²) in [6.07, 6.45) is 0.121. The Kier molecular flexibility index (Phi) is 14.4. The molecule has 0 heterocycles. The molecular weight excluding hydrogens is 551 g/mol. The quantitative estimate of drug-likeness (QED) is 0.148. The number of esters is 1. The fourth-order valence-electron chi connectivity index (χ4n) is 2.79. The molecule has 35 heavy (non-hydrogen) atoms. The second-order valence-electron chi connectivity index (χ2n) is 7.14. The number of alkyl halides is 3. The van der Waals surface area contributed by atoms with E-state index in [1.165, 1.54) is 23.5 Å². The van der Waals surface area contributed by atoms with Crippen molar-refractivity contribution in [1.82, 2.24) is 0 Å². The summed E-state index contributed by atoms with van der Waals surface area (Å²) in [7, 11) is 0. The van der Waals surface area contributed by atoms with Gasteiger partial charge in [0.15, 0.2) is 0 Å². The summed E-state index contributed by atoms with van der Waals surface area (Å²) in [5, 5.41) is 5.73. The Balaban J connectivity index is 2.09. The Hall–Kier alpha value is -1.58. The fraction of sp³-hybridized carbons (Fsp3) is 0.375. The minimum absolute atomic E-state index is 0.115. The molecule has 0 aliphatic carbocycles. The molecule has 0 aliphatic rings. The molecule has 0 aromatic heterocycles. The standard InChI is InChI=1S/C24H27Cl3N2O4S2/c25-12-9-22(30)28-18-5-1-3-7-20(18)34-15-17(33-24(32)11-14-27)16-35-21-8-4-2-6-19(21)29-23(31)10-13-26/h1-8,17H,9-16H2,(H,28,30)(H,29,31). The average Bonchev–Trinajstić information content (AvgIpc) is 2.83. The van der Waals surface area contributed by atoms with Gasteiger partial charge in [-0.3, -0.25) is 14.4 Å². The molecule has 6 nitrogen and oxygen atoms in total. The number of halogens is 3. The number of para-hydroxylation sites is 2. The summed E-state index contributed by atoms with van der Waals surface area (Å²) in [5.41, 5.74) is 1.36. The normalized spacial score (nSPS) is 10.7. The van der Waals surface area contributed by atoms with Crippen molar-refractivity contribution < 1.29 is 19.1 Å². The van der Waals surface area contributed by atoms with Crippen molar-refractivity contribution in [3.63, 3.8) is 0 Å². The highest BCUT2D eigenvalue weighted by Crippen LogP contribution is 2.32. The number of nitrogens with one attached hydrogen (secondary N) is 2. The van der Waals surface area contributed by atoms with Gasteiger partial charge in [-0.1, -0.05) is 24.3 Å². The monoisotopic (exact) mass is 576 g/mol. The van der Waals surface area contributed by atoms with Gasteiger partial charge < -0.3 is 15.4 Å². The molecule has 190 valence electrons. The van der Waals surface area contributed by atoms with E-state index in [2.05, 4.69) is 10.6 Å². The van der Waals surface area contributed by atoms with Gasteiger partial charge in [0.25, 0.3) is 0 Å². The number of rotatable bonds is 15. The van der Waals surface area contributed by atoms with E-state index >= 15 is 0 Å². The second kappa shape index (κ2) is 17.0. The third-order valence-electron chi connectivity index (χ3n) is 4.41. The number of thioether (sulfide) groups is 2. The van der Waals surface area contributed by atoms with Crippen LogP contribution >= 0.6 is 58.3 Å². The van der Waals surface area contributed by atoms with Crippen LogP contribution in [0.5, 0.6) is 0 Å². The van der Waals surface area contributed by atoms with Crippen molar-refractivity contribution in [1.29, 1.82) is 0 Å². The maximum atomic E-state index is 12.2. The number of benzene rings is 2. The Bertz CT molecular complexity index is 914. The van der Waals surface area contributed by atoms with Crippen LogP contribution in [0.4, 0.5) is 11.4 Å². The molecule has 11 heteroatoms. The molecule has 2 aromatic rings. The van der Waals surface area contributed by atoms with E-state index in [1.54, 1.807) is 0 Å². The molecule has 0 fully saturated rings. The third kappa shape index (κ3) is 11.3. The van der Waals surface area contributed by atoms with E-state index in [1.807, 2.05) is 48.5 Å². The lowest BCUT2D eigenvalue weighted by molar-refractivity contribution is -0.146. The summed E-state index contributed by atoms with van der Waals surface area (Å²) in [5.74, 6) is 0.877. The van der Waals surface area contributed by atoms with Gasteiger partial charge in [-0.25, -0.2) is 0 Å². The van der Waals surface area contributed by atoms with Gasteiger partial charge in [0.2, 0.25) is 11.8 Å². The minimum atomic E-state index is -0.432. The number of anilines is 2. The molecule has 0 radical (unpaired) electrons. The lowest BCUT2D eigenvalue weighted by Gasteiger charge is -2.19. The summed E-state index contributed by atoms with van der Waals surface area (Å²) >= 11 is 20.0. The van der Waals surface area contributed by atoms with Gasteiger partial charge >= 0.3 is 5.97 Å². The van der Waals surface area contributed by atoms with Crippen LogP contribution in [-0.2, 0) is 19.1 Å². The average molecular weight is 578 g/mol. The van der Waals surface area contributed by atoms with Crippen LogP contribution in [0, 0.1) is 0 Å². The summed E-state index contributed by atoms with van der Waals surface area (Å²) in [4.78, 5) is 37.9. The Morgan fingerprint density at radius 2 is 1.14 bits per heavy atom. The Morgan fingerprint density at radius 3 is 1.57 bits per heavy atom. The van der Waals surface area contributed by atoms with Crippen LogP contribution in [0.3, 0.4) is 0 Å². The van der Waals surface area contributed by atoms with Crippen molar-refractivity contribution in [3.8, 4) is 0 Å². The molecule has 0 aliphatic heterocycles. The molecule has 0 unspecified atom stereocenters. The summed E-state index contributed by atoms with van der Waals surface area (Å²) in [6.45, 7) is 0. The van der Waals surface area contributed by atoms with Gasteiger partial charge in [-0.15, -0.1) is 58.3 Å². The zero-order valence-electron chi connectivity index (χ0n) is 18.9. The molecule has 0 saturated heterocycles. The SMILES string of the molecule is O=C(CCCl)Nc1ccccc1SCC(CSc1ccccc1NC(=O)CCCl)OC(=O)CCCl. The molecule has 0 atom stereocenters. The van der Waals surface area contributed by atoms with E-state index in [9.17, 15) is 14.4 Å². The van der Waals surface area contributed by atoms with Crippen LogP contribution in [0.1, 0.15) is 19.3 Å². The molecule has 2 aromatic carbocycles. The summed E-state index contributed by atoms with van der Waals surface area (Å²) in [6, 6.07) is 14.9. The minimum Gasteiger partial charge on any atom is -0.461 e. The van der Waals surface area contributed by atoms with Gasteiger partial charge in [-0.2, -0.15) is 0 Å². The van der Waals surface area contributed by atoms with E-state index in [0.29, 0.717) is 22.9 Å². The topological polar surface area (TPSA) is 84.5 Å². The maximum absolute atomic E-state index is 12.2. The molecule has 2 amide bonds. The number of carbonyl (C=O) groups is 3. The number of amides is 2. The van der Waals surface area contributed by atoms with Crippen molar-refractivity contribution in [2.24, 2.45) is 0 Å². The first kappa shape index (κ1) is 29.6. The Labute approximate surface area is 229 Å². The van der Waals surface area contributed by atoms with Crippen LogP contribution < -0.4 is 10.6 Å². The smallest absolute Gasteiger partial charge is 0.307 e. The second-order valence-corrected chi connectivity index (χ2v) is 10.4. The van der Waals surface area contributed by atoms with Crippen molar-refractivity contribution in [2.75, 3.05) is 39.8 Å². The van der Waals surface area contributed by atoms with Gasteiger partial charge in [-0.05, 0) is 24.3 Å². The van der Waals surface area contributed by atoms with Gasteiger partial charge in [0.05, 0.1) is 17.8 Å². The largest absolute Gasteiger partial charge is 0.461 e. The first-order valence-electron chi connectivity index (χ1n) is 10.9. The first-order valence-corrected chi connectivity index (χ1v) is 14.4. The summed E-state index contributed by atoms with van der Waals surface area (Å²) < 4.78 is 5.68. The maximum Gasteiger partial charge on any atom is 0.307 e. The van der Waals surface area contributed by atoms with E-state index < -0.39 is 6.10 Å². The van der Waals surface area contributed by atoms with E-state index in [4.69, 9.17) is 39.5 Å². The van der Waals surface area contributed by atoms with E-state index in [-0.39, 0.29) is 54.7 Å². The van der Waals surface area contributed by atoms with Crippen molar-refractivity contribution >= 4 is 87.5 Å². The Morgan fingerprint density at radius 1 is 0.714 bits per heavy atom. The lowest BCUT2D eigenvalue weighted by Crippen LogP contribution is -2.23. The highest BCUT2D eigenvalue weighted by molar-refractivity contribution is 8.00. The molecule has 0 saturated carbocycles. The van der Waals surface area contributed by atoms with Crippen molar-refractivity contribution in [3.05, 3.63) is 48.5 Å². The lowest BCUT2D eigenvalue weighted by atomic mass is 10.3. The number of hydrogen-bond acceptors (Lipinski definition) is 6. The third-order valence-corrected chi connectivity index (χ3v) is 7.39. The van der Waals surface area contributed by atoms with Crippen LogP contribution in [0.2, 0.25) is 0 Å². The van der Waals surface area contributed by atoms with Crippen LogP contribution in [-0.4, -0.2) is 53.0 Å². The predicted octanol–water partition coefficient (Wildman–Crippen LogP) is 6.25. The number of hydrogen-bond donors (Lipinski definition) is 2. The zero-order valence-corrected chi connectivity index (χ0v) is 22.8. The van der Waals surface area contributed by atoms with Crippen molar-refractivity contribution in [2.45, 2.75) is 35.2 Å².